The van der Waals surface area contributed by atoms with E-state index < -0.39 is 12.0 Å². The summed E-state index contributed by atoms with van der Waals surface area (Å²) in [5.74, 6) is -0.388. The van der Waals surface area contributed by atoms with E-state index in [4.69, 9.17) is 4.98 Å². The van der Waals surface area contributed by atoms with E-state index >= 15 is 0 Å². The third kappa shape index (κ3) is 4.45. The van der Waals surface area contributed by atoms with Gasteiger partial charge in [0.25, 0.3) is 0 Å². The van der Waals surface area contributed by atoms with Gasteiger partial charge in [-0.25, -0.2) is 4.98 Å². The lowest BCUT2D eigenvalue weighted by Gasteiger charge is -2.38. The summed E-state index contributed by atoms with van der Waals surface area (Å²) in [7, 11) is 0. The number of aliphatic carboxylic acids is 1. The Morgan fingerprint density at radius 3 is 2.66 bits per heavy atom. The number of pyridine rings is 1. The van der Waals surface area contributed by atoms with Crippen LogP contribution in [0.2, 0.25) is 0 Å². The summed E-state index contributed by atoms with van der Waals surface area (Å²) in [4.78, 5) is 36.0. The van der Waals surface area contributed by atoms with Crippen LogP contribution in [-0.4, -0.2) is 58.0 Å². The minimum atomic E-state index is -0.922. The van der Waals surface area contributed by atoms with Gasteiger partial charge in [-0.1, -0.05) is 0 Å². The molecule has 1 aliphatic heterocycles. The van der Waals surface area contributed by atoms with Crippen LogP contribution in [0.15, 0.2) is 30.5 Å². The molecule has 180 valence electrons. The molecule has 0 spiro atoms. The molecule has 3 N–H and O–H groups in total. The van der Waals surface area contributed by atoms with Crippen LogP contribution in [0.5, 0.6) is 0 Å². The van der Waals surface area contributed by atoms with Crippen molar-refractivity contribution in [3.63, 3.8) is 0 Å². The minimum absolute atomic E-state index is 0.181. The summed E-state index contributed by atoms with van der Waals surface area (Å²) in [5, 5.41) is 23.4. The molecule has 1 atom stereocenters. The van der Waals surface area contributed by atoms with E-state index in [1.54, 1.807) is 12.3 Å². The van der Waals surface area contributed by atoms with Crippen molar-refractivity contribution in [2.24, 2.45) is 0 Å². The Morgan fingerprint density at radius 1 is 1.17 bits per heavy atom. The van der Waals surface area contributed by atoms with Gasteiger partial charge in [0, 0.05) is 67.1 Å². The molecular weight excluding hydrogens is 444 g/mol. The van der Waals surface area contributed by atoms with Crippen LogP contribution in [-0.2, 0) is 22.4 Å². The molecule has 3 aromatic rings. The number of nitrogens with zero attached hydrogens (tertiary/aromatic N) is 4. The number of fused-ring (bicyclic) bond motifs is 2. The van der Waals surface area contributed by atoms with Crippen molar-refractivity contribution >= 4 is 34.3 Å². The summed E-state index contributed by atoms with van der Waals surface area (Å²) in [5.41, 5.74) is 4.97. The third-order valence-corrected chi connectivity index (χ3v) is 6.94. The van der Waals surface area contributed by atoms with Gasteiger partial charge in [-0.2, -0.15) is 5.26 Å². The highest BCUT2D eigenvalue weighted by Gasteiger charge is 2.33. The summed E-state index contributed by atoms with van der Waals surface area (Å²) in [6, 6.07) is 8.91. The van der Waals surface area contributed by atoms with Crippen LogP contribution in [0, 0.1) is 11.3 Å². The smallest absolute Gasteiger partial charge is 0.325 e. The Hall–Kier alpha value is -3.90. The molecule has 1 amide bonds. The molecular formula is C26H28N6O3. The lowest BCUT2D eigenvalue weighted by molar-refractivity contribution is -0.143. The number of aromatic nitrogens is 2. The maximum absolute atomic E-state index is 12.4. The summed E-state index contributed by atoms with van der Waals surface area (Å²) >= 11 is 0. The van der Waals surface area contributed by atoms with E-state index in [0.717, 1.165) is 42.3 Å². The summed E-state index contributed by atoms with van der Waals surface area (Å²) in [6.45, 7) is 3.67. The van der Waals surface area contributed by atoms with E-state index in [1.165, 1.54) is 12.5 Å². The van der Waals surface area contributed by atoms with Crippen molar-refractivity contribution in [1.29, 1.82) is 5.26 Å². The number of benzene rings is 1. The van der Waals surface area contributed by atoms with Gasteiger partial charge >= 0.3 is 5.97 Å². The first kappa shape index (κ1) is 22.9. The standard InChI is InChI=1S/C26H28N6O3/c1-16(33)29-19-6-7-23-20(13-19)21(15-28-23)24(26(34)35)31-8-10-32(11-9-31)25-18(14-27)12-17-4-2-3-5-22(17)30-25/h6-7,12-13,15,24,28H,2-5,8-11H2,1H3,(H,29,33)(H,34,35)/t24-/m1/s1. The summed E-state index contributed by atoms with van der Waals surface area (Å²) in [6.07, 6.45) is 5.91. The van der Waals surface area contributed by atoms with Crippen molar-refractivity contribution < 1.29 is 14.7 Å². The fraction of sp³-hybridized carbons (Fsp3) is 0.385. The highest BCUT2D eigenvalue weighted by atomic mass is 16.4. The average molecular weight is 473 g/mol. The van der Waals surface area contributed by atoms with Crippen LogP contribution in [0.1, 0.15) is 48.2 Å². The highest BCUT2D eigenvalue weighted by molar-refractivity contribution is 5.95. The van der Waals surface area contributed by atoms with Crippen LogP contribution >= 0.6 is 0 Å². The lowest BCUT2D eigenvalue weighted by Crippen LogP contribution is -2.49. The Morgan fingerprint density at radius 2 is 1.94 bits per heavy atom. The first-order valence-electron chi connectivity index (χ1n) is 12.0. The Kier molecular flexibility index (Phi) is 6.14. The van der Waals surface area contributed by atoms with Crippen LogP contribution in [0.4, 0.5) is 11.5 Å². The average Bonchev–Trinajstić information content (AvgIpc) is 3.26. The normalized spacial score (nSPS) is 17.0. The van der Waals surface area contributed by atoms with Crippen molar-refractivity contribution in [2.75, 3.05) is 36.4 Å². The van der Waals surface area contributed by atoms with E-state index in [0.29, 0.717) is 48.8 Å². The second-order valence-electron chi connectivity index (χ2n) is 9.23. The molecule has 1 saturated heterocycles. The van der Waals surface area contributed by atoms with Gasteiger partial charge in [0.1, 0.15) is 17.9 Å². The van der Waals surface area contributed by atoms with Crippen LogP contribution in [0.25, 0.3) is 10.9 Å². The number of carboxylic acid groups (broad SMARTS) is 1. The Balaban J connectivity index is 1.39. The molecule has 1 aliphatic carbocycles. The highest BCUT2D eigenvalue weighted by Crippen LogP contribution is 2.33. The Labute approximate surface area is 203 Å². The third-order valence-electron chi connectivity index (χ3n) is 6.94. The topological polar surface area (TPSA) is 125 Å². The zero-order valence-corrected chi connectivity index (χ0v) is 19.7. The van der Waals surface area contributed by atoms with Crippen molar-refractivity contribution in [1.82, 2.24) is 14.9 Å². The van der Waals surface area contributed by atoms with Crippen molar-refractivity contribution in [3.8, 4) is 6.07 Å². The van der Waals surface area contributed by atoms with E-state index in [2.05, 4.69) is 21.3 Å². The number of rotatable bonds is 5. The number of hydrogen-bond donors (Lipinski definition) is 3. The van der Waals surface area contributed by atoms with Gasteiger partial charge in [0.05, 0.1) is 5.56 Å². The van der Waals surface area contributed by atoms with Gasteiger partial charge < -0.3 is 20.3 Å². The SMILES string of the molecule is CC(=O)Nc1ccc2[nH]cc([C@H](C(=O)O)N3CCN(c4nc5c(cc4C#N)CCCC5)CC3)c2c1. The van der Waals surface area contributed by atoms with Gasteiger partial charge in [-0.05, 0) is 55.5 Å². The van der Waals surface area contributed by atoms with Crippen molar-refractivity contribution in [2.45, 2.75) is 38.6 Å². The van der Waals surface area contributed by atoms with Crippen LogP contribution in [0.3, 0.4) is 0 Å². The van der Waals surface area contributed by atoms with Gasteiger partial charge in [0.15, 0.2) is 0 Å². The molecule has 0 saturated carbocycles. The van der Waals surface area contributed by atoms with Crippen LogP contribution < -0.4 is 10.2 Å². The second kappa shape index (κ2) is 9.39. The number of anilines is 2. The number of aryl methyl sites for hydroxylation is 2. The number of carboxylic acids is 1. The number of carbonyl (C=O) groups is 2. The fourth-order valence-electron chi connectivity index (χ4n) is 5.27. The number of carbonyl (C=O) groups excluding carboxylic acids is 1. The largest absolute Gasteiger partial charge is 0.480 e. The predicted octanol–water partition coefficient (Wildman–Crippen LogP) is 3.22. The summed E-state index contributed by atoms with van der Waals surface area (Å²) < 4.78 is 0. The Bertz CT molecular complexity index is 1330. The molecule has 9 nitrogen and oxygen atoms in total. The maximum atomic E-state index is 12.4. The molecule has 5 rings (SSSR count). The molecule has 3 heterocycles. The number of aromatic amines is 1. The number of nitriles is 1. The zero-order chi connectivity index (χ0) is 24.5. The number of H-pyrrole nitrogens is 1. The number of hydrogen-bond acceptors (Lipinski definition) is 6. The molecule has 0 unspecified atom stereocenters. The first-order valence-corrected chi connectivity index (χ1v) is 12.0. The molecule has 1 fully saturated rings. The van der Waals surface area contributed by atoms with Crippen molar-refractivity contribution in [3.05, 3.63) is 52.8 Å². The molecule has 2 aliphatic rings. The number of amides is 1. The number of piperazine rings is 1. The molecule has 35 heavy (non-hydrogen) atoms. The second-order valence-corrected chi connectivity index (χ2v) is 9.23. The predicted molar refractivity (Wildman–Crippen MR) is 132 cm³/mol. The van der Waals surface area contributed by atoms with Gasteiger partial charge in [-0.15, -0.1) is 0 Å². The zero-order valence-electron chi connectivity index (χ0n) is 19.7. The monoisotopic (exact) mass is 472 g/mol. The van der Waals surface area contributed by atoms with Gasteiger partial charge in [0.2, 0.25) is 5.91 Å². The molecule has 2 aromatic heterocycles. The number of nitrogens with one attached hydrogen (secondary N) is 2. The molecule has 0 bridgehead atoms. The maximum Gasteiger partial charge on any atom is 0.325 e. The minimum Gasteiger partial charge on any atom is -0.480 e. The lowest BCUT2D eigenvalue weighted by atomic mass is 9.94. The van der Waals surface area contributed by atoms with E-state index in [1.807, 2.05) is 23.1 Å². The molecule has 0 radical (unpaired) electrons. The fourth-order valence-corrected chi connectivity index (χ4v) is 5.27. The van der Waals surface area contributed by atoms with Gasteiger partial charge in [-0.3, -0.25) is 14.5 Å². The van der Waals surface area contributed by atoms with E-state index in [9.17, 15) is 20.0 Å². The molecule has 9 heteroatoms. The molecule has 1 aromatic carbocycles. The quantitative estimate of drug-likeness (QED) is 0.521. The van der Waals surface area contributed by atoms with E-state index in [-0.39, 0.29) is 5.91 Å². The first-order chi connectivity index (χ1) is 16.9.